The van der Waals surface area contributed by atoms with Crippen LogP contribution in [0.5, 0.6) is 0 Å². The summed E-state index contributed by atoms with van der Waals surface area (Å²) in [6.45, 7) is 1.96. The van der Waals surface area contributed by atoms with Crippen LogP contribution in [0.1, 0.15) is 31.9 Å². The van der Waals surface area contributed by atoms with Crippen molar-refractivity contribution in [3.8, 4) is 6.07 Å². The first-order valence-electron chi connectivity index (χ1n) is 6.75. The predicted molar refractivity (Wildman–Crippen MR) is 73.8 cm³/mol. The normalized spacial score (nSPS) is 17.2. The fourth-order valence-electron chi connectivity index (χ4n) is 2.07. The number of hydrogen-bond donors (Lipinski definition) is 0. The molecular weight excluding hydrogens is 276 g/mol. The zero-order valence-electron chi connectivity index (χ0n) is 11.5. The Morgan fingerprint density at radius 3 is 2.75 bits per heavy atom. The van der Waals surface area contributed by atoms with Gasteiger partial charge >= 0.3 is 0 Å². The summed E-state index contributed by atoms with van der Waals surface area (Å²) in [6.07, 6.45) is 3.03. The first-order valence-corrected chi connectivity index (χ1v) is 8.40. The minimum atomic E-state index is -3.45. The fourth-order valence-corrected chi connectivity index (χ4v) is 3.12. The predicted octanol–water partition coefficient (Wildman–Crippen LogP) is 1.88. The highest BCUT2D eigenvalue weighted by molar-refractivity contribution is 7.91. The van der Waals surface area contributed by atoms with Gasteiger partial charge in [-0.2, -0.15) is 5.26 Å². The van der Waals surface area contributed by atoms with E-state index in [4.69, 9.17) is 10.00 Å². The van der Waals surface area contributed by atoms with Crippen LogP contribution < -0.4 is 0 Å². The van der Waals surface area contributed by atoms with Crippen molar-refractivity contribution in [2.75, 3.05) is 12.4 Å². The molecule has 1 fully saturated rings. The molecule has 0 bridgehead atoms. The highest BCUT2D eigenvalue weighted by atomic mass is 32.2. The molecule has 0 N–H and O–H groups in total. The smallest absolute Gasteiger partial charge is 0.197 e. The second kappa shape index (κ2) is 5.90. The molecule has 0 aromatic carbocycles. The third-order valence-corrected chi connectivity index (χ3v) is 5.13. The summed E-state index contributed by atoms with van der Waals surface area (Å²) in [5.74, 6) is -0.142. The van der Waals surface area contributed by atoms with Gasteiger partial charge < -0.3 is 4.74 Å². The van der Waals surface area contributed by atoms with Gasteiger partial charge in [0.25, 0.3) is 0 Å². The minimum Gasteiger partial charge on any atom is -0.359 e. The summed E-state index contributed by atoms with van der Waals surface area (Å²) in [7, 11) is -3.45. The number of sulfone groups is 1. The van der Waals surface area contributed by atoms with E-state index in [9.17, 15) is 8.42 Å². The van der Waals surface area contributed by atoms with Gasteiger partial charge in [0, 0.05) is 5.69 Å². The van der Waals surface area contributed by atoms with Crippen molar-refractivity contribution in [1.29, 1.82) is 5.26 Å². The number of ether oxygens (including phenoxy) is 1. The van der Waals surface area contributed by atoms with Gasteiger partial charge in [0.2, 0.25) is 0 Å². The van der Waals surface area contributed by atoms with Gasteiger partial charge in [0.15, 0.2) is 20.5 Å². The van der Waals surface area contributed by atoms with E-state index in [0.717, 1.165) is 12.1 Å². The van der Waals surface area contributed by atoms with E-state index >= 15 is 0 Å². The third kappa shape index (κ3) is 3.17. The Morgan fingerprint density at radius 2 is 2.20 bits per heavy atom. The first-order chi connectivity index (χ1) is 9.51. The summed E-state index contributed by atoms with van der Waals surface area (Å²) >= 11 is 0. The fraction of sp³-hybridized carbons (Fsp3) is 0.571. The lowest BCUT2D eigenvalue weighted by atomic mass is 9.81. The molecule has 2 rings (SSSR count). The number of rotatable bonds is 6. The van der Waals surface area contributed by atoms with Crippen LogP contribution in [0.2, 0.25) is 0 Å². The summed E-state index contributed by atoms with van der Waals surface area (Å²) in [4.78, 5) is 4.12. The lowest BCUT2D eigenvalue weighted by Crippen LogP contribution is -2.39. The summed E-state index contributed by atoms with van der Waals surface area (Å²) < 4.78 is 29.8. The van der Waals surface area contributed by atoms with E-state index in [2.05, 4.69) is 11.1 Å². The average Bonchev–Trinajstić information content (AvgIpc) is 2.42. The number of aromatic nitrogens is 1. The molecule has 0 aliphatic heterocycles. The topological polar surface area (TPSA) is 80.0 Å². The van der Waals surface area contributed by atoms with Crippen LogP contribution in [0.15, 0.2) is 23.2 Å². The van der Waals surface area contributed by atoms with Crippen molar-refractivity contribution in [1.82, 2.24) is 4.98 Å². The second-order valence-corrected chi connectivity index (χ2v) is 7.00. The molecule has 1 aliphatic rings. The Hall–Kier alpha value is -1.45. The molecule has 0 radical (unpaired) electrons. The monoisotopic (exact) mass is 294 g/mol. The van der Waals surface area contributed by atoms with Crippen molar-refractivity contribution in [2.24, 2.45) is 0 Å². The Bertz CT molecular complexity index is 616. The lowest BCUT2D eigenvalue weighted by molar-refractivity contribution is -0.0489. The maximum absolute atomic E-state index is 12.2. The first kappa shape index (κ1) is 14.9. The standard InChI is InChI=1S/C14H18N2O3S/c1-2-12-5-3-6-13(16-12)20(17,18)10-9-19-14(11-15)7-4-8-14/h3,5-6H,2,4,7-10H2,1H3. The summed E-state index contributed by atoms with van der Waals surface area (Å²) in [5.41, 5.74) is -0.00622. The Labute approximate surface area is 119 Å². The van der Waals surface area contributed by atoms with Gasteiger partial charge in [0.05, 0.1) is 18.4 Å². The van der Waals surface area contributed by atoms with Crippen molar-refractivity contribution in [2.45, 2.75) is 43.2 Å². The quantitative estimate of drug-likeness (QED) is 0.800. The van der Waals surface area contributed by atoms with Crippen LogP contribution in [0.25, 0.3) is 0 Å². The Balaban J connectivity index is 1.99. The molecule has 1 aliphatic carbocycles. The van der Waals surface area contributed by atoms with Crippen LogP contribution in [-0.2, 0) is 21.0 Å². The van der Waals surface area contributed by atoms with Crippen molar-refractivity contribution >= 4 is 9.84 Å². The number of nitriles is 1. The molecule has 1 aromatic rings. The van der Waals surface area contributed by atoms with Crippen molar-refractivity contribution in [3.05, 3.63) is 23.9 Å². The molecule has 1 aromatic heterocycles. The zero-order chi connectivity index (χ0) is 14.6. The number of nitrogens with zero attached hydrogens (tertiary/aromatic N) is 2. The van der Waals surface area contributed by atoms with Gasteiger partial charge in [-0.3, -0.25) is 0 Å². The van der Waals surface area contributed by atoms with Gasteiger partial charge in [-0.15, -0.1) is 0 Å². The highest BCUT2D eigenvalue weighted by Crippen LogP contribution is 2.34. The molecule has 6 heteroatoms. The molecule has 0 saturated heterocycles. The van der Waals surface area contributed by atoms with E-state index < -0.39 is 15.4 Å². The molecule has 0 atom stereocenters. The molecule has 1 saturated carbocycles. The van der Waals surface area contributed by atoms with E-state index in [-0.39, 0.29) is 17.4 Å². The minimum absolute atomic E-state index is 0.0356. The van der Waals surface area contributed by atoms with Crippen LogP contribution in [0.4, 0.5) is 0 Å². The summed E-state index contributed by atoms with van der Waals surface area (Å²) in [5, 5.41) is 9.10. The Kier molecular flexibility index (Phi) is 4.41. The van der Waals surface area contributed by atoms with E-state index in [1.54, 1.807) is 12.1 Å². The largest absolute Gasteiger partial charge is 0.359 e. The number of pyridine rings is 1. The molecule has 20 heavy (non-hydrogen) atoms. The lowest BCUT2D eigenvalue weighted by Gasteiger charge is -2.34. The molecule has 5 nitrogen and oxygen atoms in total. The maximum Gasteiger partial charge on any atom is 0.197 e. The molecule has 0 unspecified atom stereocenters. The van der Waals surface area contributed by atoms with Crippen LogP contribution >= 0.6 is 0 Å². The highest BCUT2D eigenvalue weighted by Gasteiger charge is 2.38. The van der Waals surface area contributed by atoms with Crippen LogP contribution in [0.3, 0.4) is 0 Å². The van der Waals surface area contributed by atoms with Crippen molar-refractivity contribution < 1.29 is 13.2 Å². The molecular formula is C14H18N2O3S. The zero-order valence-corrected chi connectivity index (χ0v) is 12.3. The SMILES string of the molecule is CCc1cccc(S(=O)(=O)CCOC2(C#N)CCC2)n1. The number of aryl methyl sites for hydroxylation is 1. The van der Waals surface area contributed by atoms with Crippen LogP contribution in [0, 0.1) is 11.3 Å². The van der Waals surface area contributed by atoms with Crippen molar-refractivity contribution in [3.63, 3.8) is 0 Å². The van der Waals surface area contributed by atoms with Gasteiger partial charge in [-0.1, -0.05) is 13.0 Å². The maximum atomic E-state index is 12.2. The van der Waals surface area contributed by atoms with Gasteiger partial charge in [-0.05, 0) is 37.8 Å². The van der Waals surface area contributed by atoms with E-state index in [1.165, 1.54) is 6.07 Å². The van der Waals surface area contributed by atoms with Gasteiger partial charge in [0.1, 0.15) is 0 Å². The van der Waals surface area contributed by atoms with E-state index in [1.807, 2.05) is 6.92 Å². The average molecular weight is 294 g/mol. The van der Waals surface area contributed by atoms with Gasteiger partial charge in [-0.25, -0.2) is 13.4 Å². The number of hydrogen-bond acceptors (Lipinski definition) is 5. The molecule has 0 amide bonds. The van der Waals surface area contributed by atoms with Crippen LogP contribution in [-0.4, -0.2) is 31.4 Å². The molecule has 108 valence electrons. The molecule has 0 spiro atoms. The Morgan fingerprint density at radius 1 is 1.45 bits per heavy atom. The summed E-state index contributed by atoms with van der Waals surface area (Å²) in [6, 6.07) is 7.12. The third-order valence-electron chi connectivity index (χ3n) is 3.56. The molecule has 1 heterocycles. The van der Waals surface area contributed by atoms with E-state index in [0.29, 0.717) is 19.3 Å². The second-order valence-electron chi connectivity index (χ2n) is 4.95.